The van der Waals surface area contributed by atoms with E-state index in [-0.39, 0.29) is 36.8 Å². The van der Waals surface area contributed by atoms with Crippen LogP contribution in [0.25, 0.3) is 0 Å². The molecule has 1 aliphatic heterocycles. The van der Waals surface area contributed by atoms with Gasteiger partial charge in [-0.25, -0.2) is 4.98 Å². The third-order valence-electron chi connectivity index (χ3n) is 4.56. The number of benzene rings is 1. The highest BCUT2D eigenvalue weighted by Gasteiger charge is 2.24. The molecule has 0 spiro atoms. The first-order chi connectivity index (χ1) is 13.1. The van der Waals surface area contributed by atoms with Gasteiger partial charge in [0.1, 0.15) is 23.4 Å². The lowest BCUT2D eigenvalue weighted by Crippen LogP contribution is -2.44. The lowest BCUT2D eigenvalue weighted by molar-refractivity contribution is -0.122. The SMILES string of the molecule is COc1cc(OC)cc(C(NC(=O)CC2COCCN2)c2nccn2C)c1.Cl.Cl. The molecule has 2 heterocycles. The number of nitrogens with one attached hydrogen (secondary N) is 2. The topological polar surface area (TPSA) is 86.6 Å². The third kappa shape index (κ3) is 6.50. The van der Waals surface area contributed by atoms with E-state index in [0.717, 1.165) is 17.9 Å². The van der Waals surface area contributed by atoms with Crippen LogP contribution in [0.15, 0.2) is 30.6 Å². The van der Waals surface area contributed by atoms with Crippen LogP contribution in [0.2, 0.25) is 0 Å². The van der Waals surface area contributed by atoms with Gasteiger partial charge in [0.05, 0.1) is 27.4 Å². The molecule has 1 saturated heterocycles. The summed E-state index contributed by atoms with van der Waals surface area (Å²) in [4.78, 5) is 17.1. The van der Waals surface area contributed by atoms with Crippen LogP contribution >= 0.6 is 24.8 Å². The number of imidazole rings is 1. The summed E-state index contributed by atoms with van der Waals surface area (Å²) in [7, 11) is 5.10. The van der Waals surface area contributed by atoms with Crippen LogP contribution in [0.4, 0.5) is 0 Å². The number of rotatable bonds is 7. The van der Waals surface area contributed by atoms with E-state index in [1.807, 2.05) is 29.9 Å². The van der Waals surface area contributed by atoms with Gasteiger partial charge in [-0.3, -0.25) is 4.79 Å². The number of carbonyl (C=O) groups excluding carboxylic acids is 1. The second-order valence-electron chi connectivity index (χ2n) is 6.47. The number of hydrogen-bond acceptors (Lipinski definition) is 6. The molecule has 2 N–H and O–H groups in total. The van der Waals surface area contributed by atoms with Gasteiger partial charge in [0.2, 0.25) is 5.91 Å². The van der Waals surface area contributed by atoms with E-state index in [1.54, 1.807) is 26.5 Å². The van der Waals surface area contributed by atoms with Crippen LogP contribution in [0.3, 0.4) is 0 Å². The Morgan fingerprint density at radius 2 is 2.00 bits per heavy atom. The van der Waals surface area contributed by atoms with Crippen molar-refractivity contribution in [1.29, 1.82) is 0 Å². The van der Waals surface area contributed by atoms with E-state index < -0.39 is 6.04 Å². The van der Waals surface area contributed by atoms with Crippen molar-refractivity contribution in [3.8, 4) is 11.5 Å². The van der Waals surface area contributed by atoms with Crippen molar-refractivity contribution in [3.63, 3.8) is 0 Å². The van der Waals surface area contributed by atoms with Gasteiger partial charge in [-0.1, -0.05) is 0 Å². The van der Waals surface area contributed by atoms with Gasteiger partial charge in [0, 0.05) is 44.5 Å². The van der Waals surface area contributed by atoms with Crippen molar-refractivity contribution in [2.24, 2.45) is 7.05 Å². The minimum atomic E-state index is -0.425. The zero-order valence-corrected chi connectivity index (χ0v) is 18.3. The Balaban J connectivity index is 0.00000210. The van der Waals surface area contributed by atoms with Crippen LogP contribution in [-0.4, -0.2) is 55.5 Å². The lowest BCUT2D eigenvalue weighted by Gasteiger charge is -2.25. The van der Waals surface area contributed by atoms with Gasteiger partial charge in [-0.2, -0.15) is 0 Å². The summed E-state index contributed by atoms with van der Waals surface area (Å²) in [6.07, 6.45) is 3.90. The number of amides is 1. The number of hydrogen-bond donors (Lipinski definition) is 2. The van der Waals surface area contributed by atoms with E-state index in [0.29, 0.717) is 31.1 Å². The van der Waals surface area contributed by atoms with Crippen molar-refractivity contribution < 1.29 is 19.0 Å². The molecule has 0 saturated carbocycles. The largest absolute Gasteiger partial charge is 0.497 e. The molecule has 2 aromatic rings. The molecule has 2 atom stereocenters. The minimum Gasteiger partial charge on any atom is -0.497 e. The molecule has 10 heteroatoms. The minimum absolute atomic E-state index is 0. The first-order valence-electron chi connectivity index (χ1n) is 8.91. The van der Waals surface area contributed by atoms with Crippen molar-refractivity contribution in [2.45, 2.75) is 18.5 Å². The Labute approximate surface area is 183 Å². The number of morpholine rings is 1. The molecule has 1 amide bonds. The Morgan fingerprint density at radius 1 is 1.31 bits per heavy atom. The predicted molar refractivity (Wildman–Crippen MR) is 114 cm³/mol. The zero-order chi connectivity index (χ0) is 19.2. The number of aromatic nitrogens is 2. The molecule has 162 valence electrons. The van der Waals surface area contributed by atoms with Crippen molar-refractivity contribution in [2.75, 3.05) is 34.0 Å². The summed E-state index contributed by atoms with van der Waals surface area (Å²) < 4.78 is 18.1. The van der Waals surface area contributed by atoms with Crippen LogP contribution in [-0.2, 0) is 16.6 Å². The molecule has 2 unspecified atom stereocenters. The van der Waals surface area contributed by atoms with Crippen LogP contribution < -0.4 is 20.1 Å². The summed E-state index contributed by atoms with van der Waals surface area (Å²) in [6.45, 7) is 1.97. The highest BCUT2D eigenvalue weighted by atomic mass is 35.5. The van der Waals surface area contributed by atoms with Crippen LogP contribution in [0.5, 0.6) is 11.5 Å². The first-order valence-corrected chi connectivity index (χ1v) is 8.91. The van der Waals surface area contributed by atoms with Crippen LogP contribution in [0, 0.1) is 0 Å². The van der Waals surface area contributed by atoms with E-state index in [2.05, 4.69) is 15.6 Å². The monoisotopic (exact) mass is 446 g/mol. The highest BCUT2D eigenvalue weighted by Crippen LogP contribution is 2.29. The number of nitrogens with zero attached hydrogens (tertiary/aromatic N) is 2. The van der Waals surface area contributed by atoms with Gasteiger partial charge in [-0.05, 0) is 17.7 Å². The van der Waals surface area contributed by atoms with E-state index in [1.165, 1.54) is 0 Å². The summed E-state index contributed by atoms with van der Waals surface area (Å²) in [5.74, 6) is 1.96. The summed E-state index contributed by atoms with van der Waals surface area (Å²) >= 11 is 0. The Bertz CT molecular complexity index is 759. The van der Waals surface area contributed by atoms with Gasteiger partial charge in [0.15, 0.2) is 0 Å². The molecular formula is C19H28Cl2N4O4. The Hall–Kier alpha value is -2.00. The molecule has 1 aromatic heterocycles. The maximum atomic E-state index is 12.7. The molecule has 0 aliphatic carbocycles. The standard InChI is InChI=1S/C19H26N4O4.2ClH/c1-23-6-4-21-19(23)18(13-8-15(25-2)11-16(9-13)26-3)22-17(24)10-14-12-27-7-5-20-14;;/h4,6,8-9,11,14,18,20H,5,7,10,12H2,1-3H3,(H,22,24);2*1H. The van der Waals surface area contributed by atoms with Crippen molar-refractivity contribution in [1.82, 2.24) is 20.2 Å². The van der Waals surface area contributed by atoms with E-state index in [4.69, 9.17) is 14.2 Å². The number of carbonyl (C=O) groups is 1. The highest BCUT2D eigenvalue weighted by molar-refractivity contribution is 5.85. The van der Waals surface area contributed by atoms with E-state index >= 15 is 0 Å². The molecular weight excluding hydrogens is 419 g/mol. The average Bonchev–Trinajstić information content (AvgIpc) is 3.12. The number of methoxy groups -OCH3 is 2. The fourth-order valence-corrected chi connectivity index (χ4v) is 3.14. The Kier molecular flexibility index (Phi) is 10.2. The lowest BCUT2D eigenvalue weighted by atomic mass is 10.0. The zero-order valence-electron chi connectivity index (χ0n) is 16.7. The number of ether oxygens (including phenoxy) is 3. The quantitative estimate of drug-likeness (QED) is 0.674. The molecule has 3 rings (SSSR count). The van der Waals surface area contributed by atoms with Crippen molar-refractivity contribution in [3.05, 3.63) is 42.0 Å². The number of aryl methyl sites for hydroxylation is 1. The van der Waals surface area contributed by atoms with Gasteiger partial charge < -0.3 is 29.4 Å². The summed E-state index contributed by atoms with van der Waals surface area (Å²) in [5.41, 5.74) is 0.835. The molecule has 1 fully saturated rings. The molecule has 1 aromatic carbocycles. The predicted octanol–water partition coefficient (Wildman–Crippen LogP) is 1.87. The smallest absolute Gasteiger partial charge is 0.222 e. The molecule has 29 heavy (non-hydrogen) atoms. The third-order valence-corrected chi connectivity index (χ3v) is 4.56. The molecule has 8 nitrogen and oxygen atoms in total. The molecule has 1 aliphatic rings. The van der Waals surface area contributed by atoms with Crippen molar-refractivity contribution >= 4 is 30.7 Å². The summed E-state index contributed by atoms with van der Waals surface area (Å²) in [5, 5.41) is 6.40. The van der Waals surface area contributed by atoms with Gasteiger partial charge in [0.25, 0.3) is 0 Å². The average molecular weight is 447 g/mol. The normalized spacial score (nSPS) is 16.7. The number of halogens is 2. The van der Waals surface area contributed by atoms with E-state index in [9.17, 15) is 4.79 Å². The molecule has 0 radical (unpaired) electrons. The van der Waals surface area contributed by atoms with Crippen LogP contribution in [0.1, 0.15) is 23.9 Å². The maximum Gasteiger partial charge on any atom is 0.222 e. The summed E-state index contributed by atoms with van der Waals surface area (Å²) in [6, 6.07) is 5.14. The Morgan fingerprint density at radius 3 is 2.52 bits per heavy atom. The van der Waals surface area contributed by atoms with Gasteiger partial charge >= 0.3 is 0 Å². The second kappa shape index (κ2) is 11.9. The van der Waals surface area contributed by atoms with Gasteiger partial charge in [-0.15, -0.1) is 24.8 Å². The fourth-order valence-electron chi connectivity index (χ4n) is 3.14. The first kappa shape index (κ1) is 25.0. The molecule has 0 bridgehead atoms. The fraction of sp³-hybridized carbons (Fsp3) is 0.474. The maximum absolute atomic E-state index is 12.7. The second-order valence-corrected chi connectivity index (χ2v) is 6.47.